The largest absolute Gasteiger partial charge is 0.460 e. The van der Waals surface area contributed by atoms with Gasteiger partial charge < -0.3 is 4.74 Å². The third-order valence-corrected chi connectivity index (χ3v) is 4.56. The molecule has 0 aromatic heterocycles. The fourth-order valence-electron chi connectivity index (χ4n) is 2.01. The van der Waals surface area contributed by atoms with E-state index in [1.165, 1.54) is 0 Å². The van der Waals surface area contributed by atoms with Crippen LogP contribution in [0.4, 0.5) is 114 Å². The van der Waals surface area contributed by atoms with E-state index in [1.54, 1.807) is 4.74 Å². The first kappa shape index (κ1) is 40.3. The average Bonchev–Trinajstić information content (AvgIpc) is 2.76. The molecule has 0 unspecified atom stereocenters. The molecular formula is C14F26O3. The van der Waals surface area contributed by atoms with Crippen LogP contribution in [-0.4, -0.2) is 83.5 Å². The van der Waals surface area contributed by atoms with Crippen molar-refractivity contribution in [1.29, 1.82) is 0 Å². The lowest BCUT2D eigenvalue weighted by molar-refractivity contribution is -0.438. The lowest BCUT2D eigenvalue weighted by Crippen LogP contribution is -2.72. The number of carbonyl (C=O) groups is 2. The Hall–Kier alpha value is -2.68. The van der Waals surface area contributed by atoms with Gasteiger partial charge in [0.1, 0.15) is 0 Å². The second-order valence-corrected chi connectivity index (χ2v) is 7.42. The predicted molar refractivity (Wildman–Crippen MR) is 72.7 cm³/mol. The molecule has 0 aliphatic carbocycles. The molecule has 0 fully saturated rings. The van der Waals surface area contributed by atoms with Crippen molar-refractivity contribution in [2.24, 2.45) is 0 Å². The molecule has 0 atom stereocenters. The van der Waals surface area contributed by atoms with Crippen LogP contribution >= 0.6 is 0 Å². The Morgan fingerprint density at radius 3 is 0.605 bits per heavy atom. The minimum Gasteiger partial charge on any atom is -0.384 e. The summed E-state index contributed by atoms with van der Waals surface area (Å²) in [5.41, 5.74) is 0. The second-order valence-electron chi connectivity index (χ2n) is 7.42. The third kappa shape index (κ3) is 5.13. The Balaban J connectivity index is 6.75. The smallest absolute Gasteiger partial charge is 0.384 e. The summed E-state index contributed by atoms with van der Waals surface area (Å²) < 4.78 is 336. The van der Waals surface area contributed by atoms with Crippen LogP contribution in [0.3, 0.4) is 0 Å². The van der Waals surface area contributed by atoms with Crippen LogP contribution in [0.25, 0.3) is 0 Å². The Bertz CT molecular complexity index is 992. The zero-order valence-electron chi connectivity index (χ0n) is 18.1. The predicted octanol–water partition coefficient (Wildman–Crippen LogP) is 7.53. The van der Waals surface area contributed by atoms with Crippen LogP contribution in [0.5, 0.6) is 0 Å². The maximum Gasteiger partial charge on any atom is 0.460 e. The molecule has 3 nitrogen and oxygen atoms in total. The van der Waals surface area contributed by atoms with Crippen molar-refractivity contribution in [3.63, 3.8) is 0 Å². The van der Waals surface area contributed by atoms with Crippen LogP contribution in [0.1, 0.15) is 0 Å². The first-order chi connectivity index (χ1) is 18.0. The van der Waals surface area contributed by atoms with Gasteiger partial charge in [-0.15, -0.1) is 0 Å². The van der Waals surface area contributed by atoms with Crippen molar-refractivity contribution >= 4 is 11.9 Å². The fourth-order valence-corrected chi connectivity index (χ4v) is 2.01. The number of carbonyl (C=O) groups excluding carboxylic acids is 2. The molecule has 0 aromatic carbocycles. The molecule has 29 heteroatoms. The molecule has 0 heterocycles. The van der Waals surface area contributed by atoms with Gasteiger partial charge >= 0.3 is 83.5 Å². The average molecular weight is 710 g/mol. The molecule has 0 spiro atoms. The Labute approximate surface area is 213 Å². The molecule has 256 valence electrons. The number of rotatable bonds is 10. The summed E-state index contributed by atoms with van der Waals surface area (Å²) in [5.74, 6) is -97.7. The highest BCUT2D eigenvalue weighted by atomic mass is 19.4. The normalized spacial score (nSPS) is 16.3. The SMILES string of the molecule is O=C(OC(=O)C(F)(F)C(F)(F)C(F)(F)C(F)(F)C(F)(F)C(F)(F)F)C(F)(F)C(F)(F)C(F)(F)C(F)(F)C(F)(F)C(F)(F)F. The summed E-state index contributed by atoms with van der Waals surface area (Å²) in [6, 6.07) is 0. The summed E-state index contributed by atoms with van der Waals surface area (Å²) in [6.07, 6.45) is -16.1. The molecule has 0 aliphatic rings. The minimum absolute atomic E-state index is 1.56. The minimum atomic E-state index is -8.94. The summed E-state index contributed by atoms with van der Waals surface area (Å²) in [5, 5.41) is 0. The van der Waals surface area contributed by atoms with E-state index in [4.69, 9.17) is 0 Å². The van der Waals surface area contributed by atoms with Gasteiger partial charge in [0.25, 0.3) is 0 Å². The van der Waals surface area contributed by atoms with Crippen LogP contribution in [0.15, 0.2) is 0 Å². The van der Waals surface area contributed by atoms with E-state index in [2.05, 4.69) is 0 Å². The first-order valence-electron chi connectivity index (χ1n) is 8.73. The lowest BCUT2D eigenvalue weighted by Gasteiger charge is -2.39. The van der Waals surface area contributed by atoms with Crippen molar-refractivity contribution < 1.29 is 128 Å². The van der Waals surface area contributed by atoms with Crippen molar-refractivity contribution in [3.8, 4) is 0 Å². The third-order valence-electron chi connectivity index (χ3n) is 4.56. The van der Waals surface area contributed by atoms with Crippen molar-refractivity contribution in [2.45, 2.75) is 71.6 Å². The Morgan fingerprint density at radius 2 is 0.442 bits per heavy atom. The maximum atomic E-state index is 13.4. The van der Waals surface area contributed by atoms with E-state index in [0.29, 0.717) is 0 Å². The zero-order chi connectivity index (χ0) is 35.9. The number of hydrogen-bond acceptors (Lipinski definition) is 3. The highest BCUT2D eigenvalue weighted by Gasteiger charge is 2.94. The molecule has 43 heavy (non-hydrogen) atoms. The topological polar surface area (TPSA) is 43.4 Å². The number of alkyl halides is 26. The summed E-state index contributed by atoms with van der Waals surface area (Å²) in [6.45, 7) is 0. The van der Waals surface area contributed by atoms with Gasteiger partial charge in [0.2, 0.25) is 0 Å². The van der Waals surface area contributed by atoms with Gasteiger partial charge in [-0.2, -0.15) is 114 Å². The highest BCUT2D eigenvalue weighted by Crippen LogP contribution is 2.62. The fraction of sp³-hybridized carbons (Fsp3) is 0.857. The van der Waals surface area contributed by atoms with E-state index in [1.807, 2.05) is 0 Å². The summed E-state index contributed by atoms with van der Waals surface area (Å²) >= 11 is 0. The van der Waals surface area contributed by atoms with Gasteiger partial charge in [0.15, 0.2) is 0 Å². The van der Waals surface area contributed by atoms with E-state index in [9.17, 15) is 124 Å². The monoisotopic (exact) mass is 710 g/mol. The summed E-state index contributed by atoms with van der Waals surface area (Å²) in [4.78, 5) is 21.6. The zero-order valence-corrected chi connectivity index (χ0v) is 18.1. The van der Waals surface area contributed by atoms with Crippen LogP contribution in [-0.2, 0) is 14.3 Å². The lowest BCUT2D eigenvalue weighted by atomic mass is 9.93. The molecule has 0 bridgehead atoms. The Morgan fingerprint density at radius 1 is 0.279 bits per heavy atom. The first-order valence-corrected chi connectivity index (χ1v) is 8.73. The van der Waals surface area contributed by atoms with Crippen LogP contribution in [0, 0.1) is 0 Å². The molecule has 0 amide bonds. The van der Waals surface area contributed by atoms with Gasteiger partial charge in [-0.05, 0) is 0 Å². The van der Waals surface area contributed by atoms with Gasteiger partial charge in [-0.1, -0.05) is 0 Å². The van der Waals surface area contributed by atoms with Gasteiger partial charge in [0.05, 0.1) is 0 Å². The molecular weight excluding hydrogens is 710 g/mol. The van der Waals surface area contributed by atoms with E-state index < -0.39 is 83.5 Å². The molecule has 0 aromatic rings. The molecule has 0 saturated carbocycles. The number of halogens is 26. The van der Waals surface area contributed by atoms with E-state index in [0.717, 1.165) is 0 Å². The standard InChI is InChI=1S/C14F26O3/c15-3(16,5(19,20)7(23,24)9(27,28)11(31,32)13(35,36)37)1(41)43-2(42)4(17,18)6(21,22)8(25,26)10(29,30)12(33,34)14(38,39)40. The molecule has 0 aliphatic heterocycles. The summed E-state index contributed by atoms with van der Waals surface area (Å²) in [7, 11) is 0. The number of hydrogen-bond donors (Lipinski definition) is 0. The highest BCUT2D eigenvalue weighted by molar-refractivity contribution is 5.93. The maximum absolute atomic E-state index is 13.4. The Kier molecular flexibility index (Phi) is 9.29. The van der Waals surface area contributed by atoms with Crippen LogP contribution in [0.2, 0.25) is 0 Å². The van der Waals surface area contributed by atoms with Crippen LogP contribution < -0.4 is 0 Å². The molecule has 0 saturated heterocycles. The van der Waals surface area contributed by atoms with Gasteiger partial charge in [-0.25, -0.2) is 9.59 Å². The molecule has 0 N–H and O–H groups in total. The van der Waals surface area contributed by atoms with E-state index >= 15 is 0 Å². The van der Waals surface area contributed by atoms with Crippen molar-refractivity contribution in [3.05, 3.63) is 0 Å². The van der Waals surface area contributed by atoms with Crippen molar-refractivity contribution in [2.75, 3.05) is 0 Å². The molecule has 0 radical (unpaired) electrons. The van der Waals surface area contributed by atoms with Crippen molar-refractivity contribution in [1.82, 2.24) is 0 Å². The van der Waals surface area contributed by atoms with E-state index in [-0.39, 0.29) is 0 Å². The van der Waals surface area contributed by atoms with Gasteiger partial charge in [-0.3, -0.25) is 0 Å². The second kappa shape index (κ2) is 9.91. The quantitative estimate of drug-likeness (QED) is 0.134. The number of esters is 2. The number of ether oxygens (including phenoxy) is 1. The molecule has 0 rings (SSSR count). The van der Waals surface area contributed by atoms with Gasteiger partial charge in [0, 0.05) is 0 Å².